The molecule has 0 radical (unpaired) electrons. The van der Waals surface area contributed by atoms with Gasteiger partial charge in [0.05, 0.1) is 7.11 Å². The molecule has 2 aromatic heterocycles. The highest BCUT2D eigenvalue weighted by Crippen LogP contribution is 2.36. The molecule has 0 aliphatic carbocycles. The Bertz CT molecular complexity index is 1220. The number of ether oxygens (including phenoxy) is 1. The maximum Gasteiger partial charge on any atom is 0.287 e. The maximum absolute atomic E-state index is 13.0. The summed E-state index contributed by atoms with van der Waals surface area (Å²) < 4.78 is 13.6. The van der Waals surface area contributed by atoms with E-state index in [4.69, 9.17) is 21.4 Å². The number of aromatic nitrogens is 3. The van der Waals surface area contributed by atoms with Crippen LogP contribution in [0, 0.1) is 4.77 Å². The summed E-state index contributed by atoms with van der Waals surface area (Å²) in [6.45, 7) is 0.404. The van der Waals surface area contributed by atoms with E-state index in [1.807, 2.05) is 49.5 Å². The van der Waals surface area contributed by atoms with Crippen LogP contribution in [0.25, 0.3) is 22.1 Å². The van der Waals surface area contributed by atoms with E-state index in [0.29, 0.717) is 29.1 Å². The summed E-state index contributed by atoms with van der Waals surface area (Å²) in [5.41, 5.74) is 2.28. The van der Waals surface area contributed by atoms with Gasteiger partial charge in [0.1, 0.15) is 17.2 Å². The van der Waals surface area contributed by atoms with Crippen LogP contribution in [0.1, 0.15) is 16.4 Å². The summed E-state index contributed by atoms with van der Waals surface area (Å²) in [6.07, 6.45) is 0.546. The molecule has 4 aromatic rings. The van der Waals surface area contributed by atoms with E-state index in [0.717, 1.165) is 22.3 Å². The van der Waals surface area contributed by atoms with Gasteiger partial charge in [-0.3, -0.25) is 9.89 Å². The van der Waals surface area contributed by atoms with Crippen LogP contribution in [0.2, 0.25) is 0 Å². The molecule has 0 aliphatic heterocycles. The fraction of sp³-hybridized carbons (Fsp3) is 0.190. The quantitative estimate of drug-likeness (QED) is 0.473. The molecule has 1 amide bonds. The average Bonchev–Trinajstić information content (AvgIpc) is 3.29. The summed E-state index contributed by atoms with van der Waals surface area (Å²) >= 11 is 5.11. The number of rotatable bonds is 6. The van der Waals surface area contributed by atoms with Gasteiger partial charge in [0.15, 0.2) is 4.77 Å². The van der Waals surface area contributed by atoms with Gasteiger partial charge in [-0.1, -0.05) is 30.3 Å². The van der Waals surface area contributed by atoms with Crippen molar-refractivity contribution in [2.75, 3.05) is 13.7 Å². The lowest BCUT2D eigenvalue weighted by Gasteiger charge is -2.06. The van der Waals surface area contributed by atoms with Gasteiger partial charge in [0.25, 0.3) is 5.91 Å². The van der Waals surface area contributed by atoms with Crippen LogP contribution in [0.5, 0.6) is 5.75 Å². The van der Waals surface area contributed by atoms with E-state index in [9.17, 15) is 4.79 Å². The molecule has 0 aliphatic rings. The summed E-state index contributed by atoms with van der Waals surface area (Å²) in [5, 5.41) is 10.7. The number of hydrogen-bond donors (Lipinski definition) is 2. The highest BCUT2D eigenvalue weighted by molar-refractivity contribution is 7.71. The van der Waals surface area contributed by atoms with Crippen molar-refractivity contribution in [3.8, 4) is 16.9 Å². The lowest BCUT2D eigenvalue weighted by molar-refractivity contribution is 0.0929. The normalized spacial score (nSPS) is 11.0. The number of benzene rings is 2. The highest BCUT2D eigenvalue weighted by Gasteiger charge is 2.22. The van der Waals surface area contributed by atoms with Crippen LogP contribution in [-0.2, 0) is 13.5 Å². The zero-order valence-electron chi connectivity index (χ0n) is 16.1. The smallest absolute Gasteiger partial charge is 0.287 e. The highest BCUT2D eigenvalue weighted by atomic mass is 32.1. The lowest BCUT2D eigenvalue weighted by atomic mass is 10.0. The van der Waals surface area contributed by atoms with Gasteiger partial charge >= 0.3 is 0 Å². The Morgan fingerprint density at radius 3 is 2.76 bits per heavy atom. The molecule has 29 heavy (non-hydrogen) atoms. The van der Waals surface area contributed by atoms with Crippen molar-refractivity contribution in [1.29, 1.82) is 0 Å². The molecule has 8 heteroatoms. The summed E-state index contributed by atoms with van der Waals surface area (Å²) in [5.74, 6) is 1.43. The molecule has 0 bridgehead atoms. The van der Waals surface area contributed by atoms with Gasteiger partial charge < -0.3 is 19.0 Å². The van der Waals surface area contributed by atoms with Crippen molar-refractivity contribution >= 4 is 29.1 Å². The van der Waals surface area contributed by atoms with Crippen molar-refractivity contribution in [2.24, 2.45) is 7.05 Å². The first-order chi connectivity index (χ1) is 14.1. The Hall–Kier alpha value is -3.39. The first-order valence-electron chi connectivity index (χ1n) is 9.13. The zero-order chi connectivity index (χ0) is 20.4. The molecule has 0 saturated carbocycles. The number of aromatic amines is 1. The number of furan rings is 1. The minimum absolute atomic E-state index is 0.273. The van der Waals surface area contributed by atoms with E-state index in [1.54, 1.807) is 17.7 Å². The van der Waals surface area contributed by atoms with Crippen molar-refractivity contribution in [2.45, 2.75) is 6.42 Å². The molecule has 7 nitrogen and oxygen atoms in total. The monoisotopic (exact) mass is 408 g/mol. The third kappa shape index (κ3) is 3.66. The molecule has 0 spiro atoms. The van der Waals surface area contributed by atoms with Crippen LogP contribution >= 0.6 is 12.2 Å². The van der Waals surface area contributed by atoms with Crippen LogP contribution in [0.15, 0.2) is 52.9 Å². The van der Waals surface area contributed by atoms with Crippen molar-refractivity contribution in [1.82, 2.24) is 20.1 Å². The maximum atomic E-state index is 13.0. The number of hydrogen-bond acceptors (Lipinski definition) is 5. The number of methoxy groups -OCH3 is 1. The predicted octanol–water partition coefficient (Wildman–Crippen LogP) is 3.87. The minimum Gasteiger partial charge on any atom is -0.497 e. The molecule has 0 atom stereocenters. The van der Waals surface area contributed by atoms with Gasteiger partial charge in [0, 0.05) is 37.0 Å². The number of carbonyl (C=O) groups excluding carboxylic acids is 1. The molecule has 2 heterocycles. The van der Waals surface area contributed by atoms with Crippen LogP contribution in [0.4, 0.5) is 0 Å². The first kappa shape index (κ1) is 18.9. The van der Waals surface area contributed by atoms with Crippen molar-refractivity contribution in [3.63, 3.8) is 0 Å². The predicted molar refractivity (Wildman–Crippen MR) is 113 cm³/mol. The first-order valence-corrected chi connectivity index (χ1v) is 9.53. The SMILES string of the molecule is COc1ccc2c(-c3ccccc3)c(C(=O)NCCc3n[nH]c(=S)n3C)oc2c1. The average molecular weight is 408 g/mol. The second-order valence-corrected chi connectivity index (χ2v) is 6.93. The fourth-order valence-corrected chi connectivity index (χ4v) is 3.38. The molecule has 0 unspecified atom stereocenters. The molecule has 0 fully saturated rings. The third-order valence-electron chi connectivity index (χ3n) is 4.77. The van der Waals surface area contributed by atoms with Gasteiger partial charge in [-0.25, -0.2) is 0 Å². The summed E-state index contributed by atoms with van der Waals surface area (Å²) in [6, 6.07) is 15.3. The molecule has 4 rings (SSSR count). The van der Waals surface area contributed by atoms with Gasteiger partial charge in [-0.15, -0.1) is 0 Å². The van der Waals surface area contributed by atoms with Gasteiger partial charge in [0.2, 0.25) is 5.76 Å². The Labute approximate surface area is 172 Å². The molecule has 0 saturated heterocycles. The van der Waals surface area contributed by atoms with E-state index in [2.05, 4.69) is 15.5 Å². The second kappa shape index (κ2) is 7.92. The van der Waals surface area contributed by atoms with E-state index in [-0.39, 0.29) is 11.7 Å². The number of nitrogens with zero attached hydrogens (tertiary/aromatic N) is 2. The lowest BCUT2D eigenvalue weighted by Crippen LogP contribution is -2.26. The van der Waals surface area contributed by atoms with Crippen LogP contribution < -0.4 is 10.1 Å². The Morgan fingerprint density at radius 2 is 2.07 bits per heavy atom. The number of carbonyl (C=O) groups is 1. The Balaban J connectivity index is 1.65. The van der Waals surface area contributed by atoms with Crippen molar-refractivity contribution in [3.05, 3.63) is 64.9 Å². The topological polar surface area (TPSA) is 85.1 Å². The number of amides is 1. The summed E-state index contributed by atoms with van der Waals surface area (Å²) in [7, 11) is 3.43. The fourth-order valence-electron chi connectivity index (χ4n) is 3.23. The Morgan fingerprint density at radius 1 is 1.28 bits per heavy atom. The largest absolute Gasteiger partial charge is 0.497 e. The minimum atomic E-state index is -0.282. The third-order valence-corrected chi connectivity index (χ3v) is 5.14. The summed E-state index contributed by atoms with van der Waals surface area (Å²) in [4.78, 5) is 13.0. The van der Waals surface area contributed by atoms with E-state index < -0.39 is 0 Å². The van der Waals surface area contributed by atoms with E-state index >= 15 is 0 Å². The van der Waals surface area contributed by atoms with Crippen LogP contribution in [0.3, 0.4) is 0 Å². The van der Waals surface area contributed by atoms with Crippen LogP contribution in [-0.4, -0.2) is 34.3 Å². The standard InChI is InChI=1S/C21H20N4O3S/c1-25-17(23-24-21(25)29)10-11-22-20(26)19-18(13-6-4-3-5-7-13)15-9-8-14(27-2)12-16(15)28-19/h3-9,12H,10-11H2,1-2H3,(H,22,26)(H,24,29). The molecule has 148 valence electrons. The second-order valence-electron chi connectivity index (χ2n) is 6.54. The molecule has 2 aromatic carbocycles. The molecular weight excluding hydrogens is 388 g/mol. The van der Waals surface area contributed by atoms with Gasteiger partial charge in [-0.05, 0) is 29.9 Å². The number of fused-ring (bicyclic) bond motifs is 1. The zero-order valence-corrected chi connectivity index (χ0v) is 16.9. The number of nitrogens with one attached hydrogen (secondary N) is 2. The Kier molecular flexibility index (Phi) is 5.18. The van der Waals surface area contributed by atoms with Crippen molar-refractivity contribution < 1.29 is 13.9 Å². The van der Waals surface area contributed by atoms with E-state index in [1.165, 1.54) is 0 Å². The number of H-pyrrole nitrogens is 1. The van der Waals surface area contributed by atoms with Gasteiger partial charge in [-0.2, -0.15) is 5.10 Å². The molecule has 2 N–H and O–H groups in total. The molecular formula is C21H20N4O3S.